The lowest BCUT2D eigenvalue weighted by atomic mass is 10.3. The number of alkyl halides is 2. The minimum absolute atomic E-state index is 0.0375. The maximum absolute atomic E-state index is 12.3. The summed E-state index contributed by atoms with van der Waals surface area (Å²) in [4.78, 5) is 22.7. The number of hydrogen-bond donors (Lipinski definition) is 1. The molecule has 0 saturated carbocycles. The Labute approximate surface area is 142 Å². The van der Waals surface area contributed by atoms with Crippen LogP contribution in [0.4, 0.5) is 20.4 Å². The molecule has 1 N–H and O–H groups in total. The molecule has 0 bridgehead atoms. The van der Waals surface area contributed by atoms with Crippen LogP contribution >= 0.6 is 0 Å². The van der Waals surface area contributed by atoms with Gasteiger partial charge in [0.15, 0.2) is 0 Å². The van der Waals surface area contributed by atoms with Gasteiger partial charge in [0, 0.05) is 31.0 Å². The normalized spacial score (nSPS) is 14.4. The molecule has 0 radical (unpaired) electrons. The molecule has 1 aromatic carbocycles. The van der Waals surface area contributed by atoms with Gasteiger partial charge in [-0.1, -0.05) is 6.07 Å². The lowest BCUT2D eigenvalue weighted by Crippen LogP contribution is -2.37. The van der Waals surface area contributed by atoms with E-state index < -0.39 is 12.5 Å². The van der Waals surface area contributed by atoms with Crippen molar-refractivity contribution in [1.29, 1.82) is 0 Å². The van der Waals surface area contributed by atoms with Crippen molar-refractivity contribution >= 4 is 17.5 Å². The van der Waals surface area contributed by atoms with Gasteiger partial charge in [0.05, 0.1) is 13.2 Å². The summed E-state index contributed by atoms with van der Waals surface area (Å²) in [5.74, 6) is -0.0543. The molecule has 1 aromatic heterocycles. The van der Waals surface area contributed by atoms with Crippen LogP contribution in [-0.4, -0.2) is 48.8 Å². The second-order valence-electron chi connectivity index (χ2n) is 5.20. The number of carbonyl (C=O) groups excluding carboxylic acids is 1. The van der Waals surface area contributed by atoms with E-state index in [1.54, 1.807) is 6.07 Å². The van der Waals surface area contributed by atoms with E-state index in [2.05, 4.69) is 20.0 Å². The van der Waals surface area contributed by atoms with E-state index in [9.17, 15) is 13.6 Å². The van der Waals surface area contributed by atoms with Crippen LogP contribution in [0.25, 0.3) is 0 Å². The van der Waals surface area contributed by atoms with E-state index in [0.717, 1.165) is 0 Å². The zero-order valence-electron chi connectivity index (χ0n) is 13.2. The Kier molecular flexibility index (Phi) is 5.34. The van der Waals surface area contributed by atoms with Gasteiger partial charge in [0.2, 0.25) is 5.95 Å². The summed E-state index contributed by atoms with van der Waals surface area (Å²) < 4.78 is 34.1. The minimum Gasteiger partial charge on any atom is -0.435 e. The number of rotatable bonds is 5. The molecule has 1 amide bonds. The molecule has 0 spiro atoms. The van der Waals surface area contributed by atoms with Crippen LogP contribution in [0.1, 0.15) is 10.5 Å². The third kappa shape index (κ3) is 4.60. The van der Waals surface area contributed by atoms with Crippen LogP contribution in [0.15, 0.2) is 36.5 Å². The maximum atomic E-state index is 12.3. The Morgan fingerprint density at radius 3 is 2.84 bits per heavy atom. The number of ether oxygens (including phenoxy) is 2. The molecule has 0 unspecified atom stereocenters. The number of carbonyl (C=O) groups is 1. The predicted molar refractivity (Wildman–Crippen MR) is 86.1 cm³/mol. The van der Waals surface area contributed by atoms with Crippen LogP contribution < -0.4 is 15.0 Å². The maximum Gasteiger partial charge on any atom is 0.387 e. The first-order valence-electron chi connectivity index (χ1n) is 7.64. The van der Waals surface area contributed by atoms with E-state index in [4.69, 9.17) is 4.74 Å². The average Bonchev–Trinajstić information content (AvgIpc) is 2.62. The molecule has 1 fully saturated rings. The Hall–Kier alpha value is -2.81. The zero-order valence-corrected chi connectivity index (χ0v) is 13.2. The molecule has 7 nitrogen and oxygen atoms in total. The van der Waals surface area contributed by atoms with E-state index in [1.165, 1.54) is 30.5 Å². The summed E-state index contributed by atoms with van der Waals surface area (Å²) in [6.07, 6.45) is 1.50. The fourth-order valence-corrected chi connectivity index (χ4v) is 2.34. The van der Waals surface area contributed by atoms with Crippen LogP contribution in [0.2, 0.25) is 0 Å². The Bertz CT molecular complexity index is 739. The van der Waals surface area contributed by atoms with Crippen molar-refractivity contribution in [1.82, 2.24) is 9.97 Å². The smallest absolute Gasteiger partial charge is 0.387 e. The van der Waals surface area contributed by atoms with Crippen molar-refractivity contribution in [2.24, 2.45) is 0 Å². The van der Waals surface area contributed by atoms with Crippen LogP contribution in [0, 0.1) is 0 Å². The molecule has 25 heavy (non-hydrogen) atoms. The fourth-order valence-electron chi connectivity index (χ4n) is 2.34. The first kappa shape index (κ1) is 17.0. The second kappa shape index (κ2) is 7.84. The second-order valence-corrected chi connectivity index (χ2v) is 5.20. The Morgan fingerprint density at radius 1 is 1.28 bits per heavy atom. The van der Waals surface area contributed by atoms with Gasteiger partial charge in [-0.2, -0.15) is 8.78 Å². The highest BCUT2D eigenvalue weighted by atomic mass is 19.3. The van der Waals surface area contributed by atoms with Crippen LogP contribution in [0.5, 0.6) is 5.75 Å². The van der Waals surface area contributed by atoms with Gasteiger partial charge in [-0.05, 0) is 18.2 Å². The highest BCUT2D eigenvalue weighted by molar-refractivity contribution is 6.03. The van der Waals surface area contributed by atoms with E-state index >= 15 is 0 Å². The molecule has 2 aromatic rings. The van der Waals surface area contributed by atoms with Gasteiger partial charge in [0.1, 0.15) is 11.4 Å². The molecule has 2 heterocycles. The molecule has 1 saturated heterocycles. The van der Waals surface area contributed by atoms with E-state index in [0.29, 0.717) is 37.9 Å². The van der Waals surface area contributed by atoms with Crippen LogP contribution in [0.3, 0.4) is 0 Å². The number of nitrogens with zero attached hydrogens (tertiary/aromatic N) is 3. The van der Waals surface area contributed by atoms with Crippen molar-refractivity contribution in [2.75, 3.05) is 36.5 Å². The quantitative estimate of drug-likeness (QED) is 0.891. The molecular weight excluding hydrogens is 334 g/mol. The first-order chi connectivity index (χ1) is 12.1. The SMILES string of the molecule is O=C(Nc1cccc(OC(F)F)c1)c1ccnc(N2CCOCC2)n1. The number of amides is 1. The highest BCUT2D eigenvalue weighted by Crippen LogP contribution is 2.20. The lowest BCUT2D eigenvalue weighted by Gasteiger charge is -2.26. The summed E-state index contributed by atoms with van der Waals surface area (Å²) in [6, 6.07) is 7.25. The Morgan fingerprint density at radius 2 is 2.08 bits per heavy atom. The fraction of sp³-hybridized carbons (Fsp3) is 0.312. The zero-order chi connectivity index (χ0) is 17.6. The van der Waals surface area contributed by atoms with Crippen molar-refractivity contribution in [3.8, 4) is 5.75 Å². The average molecular weight is 350 g/mol. The van der Waals surface area contributed by atoms with Gasteiger partial charge in [-0.3, -0.25) is 4.79 Å². The molecule has 132 valence electrons. The van der Waals surface area contributed by atoms with E-state index in [1.807, 2.05) is 4.90 Å². The third-order valence-electron chi connectivity index (χ3n) is 3.49. The van der Waals surface area contributed by atoms with E-state index in [-0.39, 0.29) is 11.4 Å². The standard InChI is InChI=1S/C16H16F2N4O3/c17-15(18)25-12-3-1-2-11(10-12)20-14(23)13-4-5-19-16(21-13)22-6-8-24-9-7-22/h1-5,10,15H,6-9H2,(H,20,23). The number of hydrogen-bond acceptors (Lipinski definition) is 6. The molecule has 1 aliphatic heterocycles. The first-order valence-corrected chi connectivity index (χ1v) is 7.64. The number of anilines is 2. The molecule has 0 atom stereocenters. The number of halogens is 2. The van der Waals surface area contributed by atoms with Crippen molar-refractivity contribution in [3.63, 3.8) is 0 Å². The Balaban J connectivity index is 1.71. The van der Waals surface area contributed by atoms with Gasteiger partial charge in [-0.25, -0.2) is 9.97 Å². The molecule has 0 aliphatic carbocycles. The van der Waals surface area contributed by atoms with Crippen LogP contribution in [-0.2, 0) is 4.74 Å². The molecule has 9 heteroatoms. The number of aromatic nitrogens is 2. The number of nitrogens with one attached hydrogen (secondary N) is 1. The topological polar surface area (TPSA) is 76.6 Å². The van der Waals surface area contributed by atoms with Crippen molar-refractivity contribution < 1.29 is 23.0 Å². The lowest BCUT2D eigenvalue weighted by molar-refractivity contribution is -0.0497. The number of morpholine rings is 1. The molecular formula is C16H16F2N4O3. The monoisotopic (exact) mass is 350 g/mol. The number of benzene rings is 1. The molecule has 3 rings (SSSR count). The predicted octanol–water partition coefficient (Wildman–Crippen LogP) is 2.17. The summed E-state index contributed by atoms with van der Waals surface area (Å²) in [7, 11) is 0. The van der Waals surface area contributed by atoms with Crippen molar-refractivity contribution in [3.05, 3.63) is 42.2 Å². The van der Waals surface area contributed by atoms with Gasteiger partial charge >= 0.3 is 6.61 Å². The summed E-state index contributed by atoms with van der Waals surface area (Å²) in [5, 5.41) is 2.60. The van der Waals surface area contributed by atoms with Gasteiger partial charge < -0.3 is 19.7 Å². The molecule has 1 aliphatic rings. The largest absolute Gasteiger partial charge is 0.435 e. The highest BCUT2D eigenvalue weighted by Gasteiger charge is 2.16. The van der Waals surface area contributed by atoms with Crippen molar-refractivity contribution in [2.45, 2.75) is 6.61 Å². The summed E-state index contributed by atoms with van der Waals surface area (Å²) in [5.41, 5.74) is 0.506. The summed E-state index contributed by atoms with van der Waals surface area (Å²) >= 11 is 0. The third-order valence-corrected chi connectivity index (χ3v) is 3.49. The summed E-state index contributed by atoms with van der Waals surface area (Å²) in [6.45, 7) is -0.465. The minimum atomic E-state index is -2.93. The van der Waals surface area contributed by atoms with Gasteiger partial charge in [-0.15, -0.1) is 0 Å². The van der Waals surface area contributed by atoms with Gasteiger partial charge in [0.25, 0.3) is 5.91 Å².